The van der Waals surface area contributed by atoms with Gasteiger partial charge in [-0.3, -0.25) is 0 Å². The molecule has 1 rings (SSSR count). The minimum Gasteiger partial charge on any atom is -0.493 e. The van der Waals surface area contributed by atoms with Gasteiger partial charge in [-0.15, -0.1) is 6.42 Å². The maximum atomic E-state index is 5.62. The minimum absolute atomic E-state index is 0.498. The molecule has 4 nitrogen and oxygen atoms in total. The van der Waals surface area contributed by atoms with Gasteiger partial charge < -0.3 is 19.5 Å². The van der Waals surface area contributed by atoms with E-state index in [-0.39, 0.29) is 0 Å². The summed E-state index contributed by atoms with van der Waals surface area (Å²) >= 11 is 0. The van der Waals surface area contributed by atoms with Crippen LogP contribution in [0.3, 0.4) is 0 Å². The predicted molar refractivity (Wildman–Crippen MR) is 66.7 cm³/mol. The zero-order valence-corrected chi connectivity index (χ0v) is 10.2. The number of ether oxygens (including phenoxy) is 3. The fourth-order valence-electron chi connectivity index (χ4n) is 1.35. The third-order valence-electron chi connectivity index (χ3n) is 2.13. The summed E-state index contributed by atoms with van der Waals surface area (Å²) in [5.74, 6) is 4.41. The first-order chi connectivity index (χ1) is 8.33. The Balaban J connectivity index is 2.59. The van der Waals surface area contributed by atoms with Crippen molar-refractivity contribution in [2.75, 3.05) is 33.9 Å². The first kappa shape index (κ1) is 13.2. The van der Waals surface area contributed by atoms with E-state index < -0.39 is 0 Å². The Hall–Kier alpha value is -1.86. The highest BCUT2D eigenvalue weighted by Gasteiger charge is 2.10. The molecule has 4 heteroatoms. The highest BCUT2D eigenvalue weighted by atomic mass is 16.5. The molecular formula is C13H17NO3. The van der Waals surface area contributed by atoms with Crippen LogP contribution in [0.2, 0.25) is 0 Å². The van der Waals surface area contributed by atoms with Gasteiger partial charge in [-0.2, -0.15) is 0 Å². The molecule has 0 heterocycles. The van der Waals surface area contributed by atoms with Gasteiger partial charge >= 0.3 is 0 Å². The number of hydrogen-bond donors (Lipinski definition) is 1. The van der Waals surface area contributed by atoms with Gasteiger partial charge in [0.15, 0.2) is 11.5 Å². The van der Waals surface area contributed by atoms with E-state index in [0.717, 1.165) is 0 Å². The van der Waals surface area contributed by atoms with Crippen molar-refractivity contribution in [3.8, 4) is 29.6 Å². The molecule has 0 aliphatic carbocycles. The van der Waals surface area contributed by atoms with Crippen LogP contribution in [0.4, 0.5) is 0 Å². The van der Waals surface area contributed by atoms with Crippen molar-refractivity contribution < 1.29 is 14.2 Å². The van der Waals surface area contributed by atoms with Gasteiger partial charge in [0.1, 0.15) is 6.61 Å². The second-order valence-corrected chi connectivity index (χ2v) is 3.22. The van der Waals surface area contributed by atoms with Crippen LogP contribution in [0, 0.1) is 12.3 Å². The van der Waals surface area contributed by atoms with Crippen molar-refractivity contribution in [3.05, 3.63) is 18.2 Å². The van der Waals surface area contributed by atoms with Gasteiger partial charge in [0.05, 0.1) is 20.8 Å². The Bertz CT molecular complexity index is 362. The molecule has 0 amide bonds. The molecule has 0 atom stereocenters. The first-order valence-corrected chi connectivity index (χ1v) is 5.31. The average Bonchev–Trinajstić information content (AvgIpc) is 2.38. The highest BCUT2D eigenvalue weighted by Crippen LogP contribution is 2.36. The Kier molecular flexibility index (Phi) is 5.76. The second kappa shape index (κ2) is 7.42. The molecule has 17 heavy (non-hydrogen) atoms. The molecule has 0 spiro atoms. The molecule has 0 aliphatic rings. The van der Waals surface area contributed by atoms with E-state index in [4.69, 9.17) is 20.6 Å². The lowest BCUT2D eigenvalue weighted by atomic mass is 10.3. The van der Waals surface area contributed by atoms with E-state index in [1.165, 1.54) is 0 Å². The molecule has 0 bridgehead atoms. The molecule has 0 fully saturated rings. The van der Waals surface area contributed by atoms with Crippen molar-refractivity contribution in [1.29, 1.82) is 0 Å². The van der Waals surface area contributed by atoms with Crippen LogP contribution in [0.25, 0.3) is 0 Å². The Labute approximate surface area is 102 Å². The topological polar surface area (TPSA) is 39.7 Å². The van der Waals surface area contributed by atoms with Crippen molar-refractivity contribution in [2.45, 2.75) is 0 Å². The normalized spacial score (nSPS) is 9.47. The maximum Gasteiger partial charge on any atom is 0.203 e. The van der Waals surface area contributed by atoms with E-state index in [2.05, 4.69) is 11.2 Å². The van der Waals surface area contributed by atoms with Gasteiger partial charge in [0.25, 0.3) is 0 Å². The zero-order chi connectivity index (χ0) is 12.5. The first-order valence-electron chi connectivity index (χ1n) is 5.31. The Morgan fingerprint density at radius 2 is 1.88 bits per heavy atom. The van der Waals surface area contributed by atoms with Crippen LogP contribution in [0.15, 0.2) is 18.2 Å². The van der Waals surface area contributed by atoms with Crippen LogP contribution in [-0.2, 0) is 0 Å². The van der Waals surface area contributed by atoms with E-state index in [1.54, 1.807) is 14.2 Å². The predicted octanol–water partition coefficient (Wildman–Crippen LogP) is 1.31. The molecular weight excluding hydrogens is 218 g/mol. The Morgan fingerprint density at radius 1 is 1.24 bits per heavy atom. The summed E-state index contributed by atoms with van der Waals surface area (Å²) in [6, 6.07) is 5.50. The zero-order valence-electron chi connectivity index (χ0n) is 10.2. The summed E-state index contributed by atoms with van der Waals surface area (Å²) in [5.41, 5.74) is 0. The molecule has 0 aliphatic heterocycles. The minimum atomic E-state index is 0.498. The lowest BCUT2D eigenvalue weighted by Gasteiger charge is -2.13. The number of hydrogen-bond acceptors (Lipinski definition) is 4. The van der Waals surface area contributed by atoms with Crippen molar-refractivity contribution in [2.24, 2.45) is 0 Å². The van der Waals surface area contributed by atoms with Gasteiger partial charge in [-0.25, -0.2) is 0 Å². The summed E-state index contributed by atoms with van der Waals surface area (Å²) in [7, 11) is 3.19. The molecule has 0 unspecified atom stereocenters. The molecule has 0 aromatic heterocycles. The fraction of sp³-hybridized carbons (Fsp3) is 0.385. The summed E-state index contributed by atoms with van der Waals surface area (Å²) in [6.07, 6.45) is 5.12. The number of nitrogens with one attached hydrogen (secondary N) is 1. The average molecular weight is 235 g/mol. The van der Waals surface area contributed by atoms with Gasteiger partial charge in [0, 0.05) is 6.54 Å². The smallest absolute Gasteiger partial charge is 0.203 e. The second-order valence-electron chi connectivity index (χ2n) is 3.22. The number of benzene rings is 1. The highest BCUT2D eigenvalue weighted by molar-refractivity contribution is 5.51. The summed E-state index contributed by atoms with van der Waals surface area (Å²) in [5, 5.41) is 3.04. The molecule has 1 N–H and O–H groups in total. The molecule has 0 saturated heterocycles. The van der Waals surface area contributed by atoms with E-state index in [9.17, 15) is 0 Å². The molecule has 92 valence electrons. The standard InChI is InChI=1S/C13H17NO3/c1-4-8-14-9-10-17-13-11(15-2)6-5-7-12(13)16-3/h1,5-7,14H,8-10H2,2-3H3. The molecule has 1 aromatic rings. The van der Waals surface area contributed by atoms with E-state index in [1.807, 2.05) is 18.2 Å². The molecule has 0 radical (unpaired) electrons. The van der Waals surface area contributed by atoms with E-state index >= 15 is 0 Å². The lowest BCUT2D eigenvalue weighted by molar-refractivity contribution is 0.275. The van der Waals surface area contributed by atoms with Crippen molar-refractivity contribution >= 4 is 0 Å². The summed E-state index contributed by atoms with van der Waals surface area (Å²) < 4.78 is 16.0. The molecule has 1 aromatic carbocycles. The van der Waals surface area contributed by atoms with Crippen molar-refractivity contribution in [3.63, 3.8) is 0 Å². The van der Waals surface area contributed by atoms with Crippen LogP contribution in [0.5, 0.6) is 17.2 Å². The van der Waals surface area contributed by atoms with Gasteiger partial charge in [-0.05, 0) is 12.1 Å². The van der Waals surface area contributed by atoms with Gasteiger partial charge in [0.2, 0.25) is 5.75 Å². The fourth-order valence-corrected chi connectivity index (χ4v) is 1.35. The van der Waals surface area contributed by atoms with Crippen LogP contribution >= 0.6 is 0 Å². The van der Waals surface area contributed by atoms with Crippen LogP contribution in [0.1, 0.15) is 0 Å². The lowest BCUT2D eigenvalue weighted by Crippen LogP contribution is -2.21. The monoisotopic (exact) mass is 235 g/mol. The Morgan fingerprint density at radius 3 is 2.41 bits per heavy atom. The van der Waals surface area contributed by atoms with Crippen LogP contribution < -0.4 is 19.5 Å². The SMILES string of the molecule is C#CCNCCOc1c(OC)cccc1OC. The maximum absolute atomic E-state index is 5.62. The summed E-state index contributed by atoms with van der Waals surface area (Å²) in [4.78, 5) is 0. The number of terminal acetylenes is 1. The number of methoxy groups -OCH3 is 2. The van der Waals surface area contributed by atoms with E-state index in [0.29, 0.717) is 36.9 Å². The van der Waals surface area contributed by atoms with Crippen LogP contribution in [-0.4, -0.2) is 33.9 Å². The van der Waals surface area contributed by atoms with Crippen molar-refractivity contribution in [1.82, 2.24) is 5.32 Å². The molecule has 0 saturated carbocycles. The quantitative estimate of drug-likeness (QED) is 0.571. The van der Waals surface area contributed by atoms with Gasteiger partial charge in [-0.1, -0.05) is 12.0 Å². The summed E-state index contributed by atoms with van der Waals surface area (Å²) in [6.45, 7) is 1.70. The third-order valence-corrected chi connectivity index (χ3v) is 2.13. The number of rotatable bonds is 7. The largest absolute Gasteiger partial charge is 0.493 e. The third kappa shape index (κ3) is 3.89. The number of para-hydroxylation sites is 1.